The van der Waals surface area contributed by atoms with Gasteiger partial charge in [-0.2, -0.15) is 0 Å². The smallest absolute Gasteiger partial charge is 0.236 e. The van der Waals surface area contributed by atoms with E-state index in [0.29, 0.717) is 18.1 Å². The summed E-state index contributed by atoms with van der Waals surface area (Å²) in [5.74, 6) is 1.19. The summed E-state index contributed by atoms with van der Waals surface area (Å²) in [6.07, 6.45) is 5.53. The van der Waals surface area contributed by atoms with E-state index < -0.39 is 0 Å². The third-order valence-corrected chi connectivity index (χ3v) is 5.59. The third-order valence-electron chi connectivity index (χ3n) is 5.34. The van der Waals surface area contributed by atoms with Crippen LogP contribution in [0.4, 0.5) is 0 Å². The normalized spacial score (nSPS) is 18.4. The number of rotatable bonds is 3. The van der Waals surface area contributed by atoms with Gasteiger partial charge in [-0.05, 0) is 25.0 Å². The molecule has 0 radical (unpaired) electrons. The van der Waals surface area contributed by atoms with E-state index in [1.54, 1.807) is 0 Å². The first-order chi connectivity index (χ1) is 12.7. The molecule has 0 bridgehead atoms. The van der Waals surface area contributed by atoms with Gasteiger partial charge in [0, 0.05) is 48.7 Å². The first kappa shape index (κ1) is 17.6. The Kier molecular flexibility index (Phi) is 5.27. The molecule has 2 aliphatic rings. The van der Waals surface area contributed by atoms with Crippen molar-refractivity contribution >= 4 is 17.5 Å². The lowest BCUT2D eigenvalue weighted by Crippen LogP contribution is -2.42. The van der Waals surface area contributed by atoms with Gasteiger partial charge >= 0.3 is 0 Å². The Labute approximate surface area is 158 Å². The third kappa shape index (κ3) is 3.79. The Morgan fingerprint density at radius 3 is 2.54 bits per heavy atom. The molecule has 2 aliphatic heterocycles. The first-order valence-electron chi connectivity index (χ1n) is 9.44. The number of benzene rings is 1. The highest BCUT2D eigenvalue weighted by molar-refractivity contribution is 6.30. The number of aromatic nitrogens is 1. The Bertz CT molecular complexity index is 764. The zero-order valence-electron chi connectivity index (χ0n) is 14.9. The van der Waals surface area contributed by atoms with Gasteiger partial charge in [-0.25, -0.2) is 0 Å². The summed E-state index contributed by atoms with van der Waals surface area (Å²) in [4.78, 5) is 16.9. The van der Waals surface area contributed by atoms with Crippen molar-refractivity contribution in [1.29, 1.82) is 0 Å². The van der Waals surface area contributed by atoms with Gasteiger partial charge in [0.05, 0.1) is 6.54 Å². The van der Waals surface area contributed by atoms with E-state index in [1.165, 1.54) is 12.8 Å². The molecule has 2 aromatic rings. The molecule has 1 saturated heterocycles. The quantitative estimate of drug-likeness (QED) is 0.822. The van der Waals surface area contributed by atoms with Crippen LogP contribution in [-0.4, -0.2) is 47.0 Å². The lowest BCUT2D eigenvalue weighted by molar-refractivity contribution is -0.132. The minimum atomic E-state index is 0.250. The number of amides is 1. The molecule has 0 N–H and O–H groups in total. The van der Waals surface area contributed by atoms with Gasteiger partial charge in [-0.3, -0.25) is 9.69 Å². The zero-order valence-corrected chi connectivity index (χ0v) is 15.7. The molecule has 0 aliphatic carbocycles. The van der Waals surface area contributed by atoms with E-state index in [2.05, 4.69) is 10.1 Å². The van der Waals surface area contributed by atoms with Crippen molar-refractivity contribution in [2.24, 2.45) is 0 Å². The highest BCUT2D eigenvalue weighted by Crippen LogP contribution is 2.30. The summed E-state index contributed by atoms with van der Waals surface area (Å²) in [6.45, 7) is 3.82. The summed E-state index contributed by atoms with van der Waals surface area (Å²) in [5.41, 5.74) is 2.96. The molecular formula is C20H24ClN3O2. The van der Waals surface area contributed by atoms with Crippen LogP contribution < -0.4 is 0 Å². The van der Waals surface area contributed by atoms with E-state index in [1.807, 2.05) is 29.2 Å². The van der Waals surface area contributed by atoms with Gasteiger partial charge in [0.2, 0.25) is 5.91 Å². The van der Waals surface area contributed by atoms with Crippen molar-refractivity contribution in [3.05, 3.63) is 40.6 Å². The maximum Gasteiger partial charge on any atom is 0.236 e. The van der Waals surface area contributed by atoms with Gasteiger partial charge < -0.3 is 9.42 Å². The summed E-state index contributed by atoms with van der Waals surface area (Å²) in [5, 5.41) is 4.98. The van der Waals surface area contributed by atoms with Crippen LogP contribution in [0.15, 0.2) is 28.8 Å². The molecule has 0 unspecified atom stereocenters. The van der Waals surface area contributed by atoms with E-state index in [9.17, 15) is 4.79 Å². The van der Waals surface area contributed by atoms with E-state index >= 15 is 0 Å². The largest absolute Gasteiger partial charge is 0.360 e. The standard InChI is InChI=1S/C20H24ClN3O2/c21-16-7-5-15(6-8-16)20-17-13-23(12-9-18(17)26-22-20)14-19(25)24-10-3-1-2-4-11-24/h5-8H,1-4,9-14H2. The van der Waals surface area contributed by atoms with Crippen LogP contribution >= 0.6 is 11.6 Å². The number of nitrogens with zero attached hydrogens (tertiary/aromatic N) is 3. The van der Waals surface area contributed by atoms with E-state index in [0.717, 1.165) is 61.5 Å². The molecule has 1 amide bonds. The minimum absolute atomic E-state index is 0.250. The maximum absolute atomic E-state index is 12.7. The van der Waals surface area contributed by atoms with Gasteiger partial charge in [-0.1, -0.05) is 41.7 Å². The first-order valence-corrected chi connectivity index (χ1v) is 9.82. The highest BCUT2D eigenvalue weighted by atomic mass is 35.5. The Morgan fingerprint density at radius 1 is 1.08 bits per heavy atom. The molecular weight excluding hydrogens is 350 g/mol. The molecule has 138 valence electrons. The molecule has 1 fully saturated rings. The zero-order chi connectivity index (χ0) is 17.9. The number of halogens is 1. The molecule has 3 heterocycles. The molecule has 1 aromatic carbocycles. The molecule has 0 spiro atoms. The van der Waals surface area contributed by atoms with Crippen LogP contribution in [0.2, 0.25) is 5.02 Å². The van der Waals surface area contributed by atoms with Gasteiger partial charge in [0.15, 0.2) is 0 Å². The molecule has 5 nitrogen and oxygen atoms in total. The molecule has 0 atom stereocenters. The fraction of sp³-hybridized carbons (Fsp3) is 0.500. The molecule has 4 rings (SSSR count). The van der Waals surface area contributed by atoms with Crippen molar-refractivity contribution in [3.63, 3.8) is 0 Å². The Morgan fingerprint density at radius 2 is 1.81 bits per heavy atom. The van der Waals surface area contributed by atoms with Crippen LogP contribution in [0.25, 0.3) is 11.3 Å². The molecule has 26 heavy (non-hydrogen) atoms. The lowest BCUT2D eigenvalue weighted by atomic mass is 10.0. The van der Waals surface area contributed by atoms with Gasteiger partial charge in [0.1, 0.15) is 11.5 Å². The second-order valence-corrected chi connectivity index (χ2v) is 7.63. The molecule has 6 heteroatoms. The van der Waals surface area contributed by atoms with Crippen molar-refractivity contribution in [1.82, 2.24) is 15.0 Å². The monoisotopic (exact) mass is 373 g/mol. The predicted octanol–water partition coefficient (Wildman–Crippen LogP) is 3.76. The van der Waals surface area contributed by atoms with Crippen LogP contribution in [0, 0.1) is 0 Å². The lowest BCUT2D eigenvalue weighted by Gasteiger charge is -2.28. The summed E-state index contributed by atoms with van der Waals surface area (Å²) in [6, 6.07) is 7.65. The van der Waals surface area contributed by atoms with Crippen LogP contribution in [-0.2, 0) is 17.8 Å². The highest BCUT2D eigenvalue weighted by Gasteiger charge is 2.27. The Hall–Kier alpha value is -1.85. The van der Waals surface area contributed by atoms with Crippen molar-refractivity contribution < 1.29 is 9.32 Å². The maximum atomic E-state index is 12.7. The van der Waals surface area contributed by atoms with Gasteiger partial charge in [-0.15, -0.1) is 0 Å². The van der Waals surface area contributed by atoms with E-state index in [4.69, 9.17) is 16.1 Å². The number of likely N-dealkylation sites (tertiary alicyclic amines) is 1. The Balaban J connectivity index is 1.46. The number of hydrogen-bond acceptors (Lipinski definition) is 4. The van der Waals surface area contributed by atoms with Crippen LogP contribution in [0.1, 0.15) is 37.0 Å². The predicted molar refractivity (Wildman–Crippen MR) is 101 cm³/mol. The van der Waals surface area contributed by atoms with Gasteiger partial charge in [0.25, 0.3) is 0 Å². The fourth-order valence-corrected chi connectivity index (χ4v) is 3.97. The number of carbonyl (C=O) groups excluding carboxylic acids is 1. The minimum Gasteiger partial charge on any atom is -0.360 e. The van der Waals surface area contributed by atoms with Crippen molar-refractivity contribution in [3.8, 4) is 11.3 Å². The summed E-state index contributed by atoms with van der Waals surface area (Å²) < 4.78 is 5.55. The average Bonchev–Trinajstić information content (AvgIpc) is 2.88. The van der Waals surface area contributed by atoms with Crippen LogP contribution in [0.3, 0.4) is 0 Å². The average molecular weight is 374 g/mol. The number of hydrogen-bond donors (Lipinski definition) is 0. The number of carbonyl (C=O) groups is 1. The van der Waals surface area contributed by atoms with Crippen LogP contribution in [0.5, 0.6) is 0 Å². The molecule has 0 saturated carbocycles. The van der Waals surface area contributed by atoms with E-state index in [-0.39, 0.29) is 5.91 Å². The van der Waals surface area contributed by atoms with Crippen molar-refractivity contribution in [2.45, 2.75) is 38.6 Å². The number of fused-ring (bicyclic) bond motifs is 1. The molecule has 1 aromatic heterocycles. The fourth-order valence-electron chi connectivity index (χ4n) is 3.85. The van der Waals surface area contributed by atoms with Crippen molar-refractivity contribution in [2.75, 3.05) is 26.2 Å². The summed E-state index contributed by atoms with van der Waals surface area (Å²) in [7, 11) is 0. The topological polar surface area (TPSA) is 49.6 Å². The summed E-state index contributed by atoms with van der Waals surface area (Å²) >= 11 is 5.99. The SMILES string of the molecule is O=C(CN1CCc2onc(-c3ccc(Cl)cc3)c2C1)N1CCCCCC1. The second-order valence-electron chi connectivity index (χ2n) is 7.20. The second kappa shape index (κ2) is 7.80.